The van der Waals surface area contributed by atoms with Gasteiger partial charge in [0.1, 0.15) is 17.5 Å². The quantitative estimate of drug-likeness (QED) is 0.490. The minimum atomic E-state index is -0.990. The Hall–Kier alpha value is -3.16. The van der Waals surface area contributed by atoms with E-state index in [1.807, 2.05) is 19.1 Å². The molecule has 184 valence electrons. The van der Waals surface area contributed by atoms with Crippen LogP contribution in [0.5, 0.6) is 0 Å². The van der Waals surface area contributed by atoms with Crippen molar-refractivity contribution in [1.82, 2.24) is 4.90 Å². The lowest BCUT2D eigenvalue weighted by atomic mass is 9.68. The van der Waals surface area contributed by atoms with E-state index in [2.05, 4.69) is 0 Å². The summed E-state index contributed by atoms with van der Waals surface area (Å²) in [6, 6.07) is 16.3. The summed E-state index contributed by atoms with van der Waals surface area (Å²) < 4.78 is 40.9. The van der Waals surface area contributed by atoms with E-state index in [1.54, 1.807) is 29.2 Å². The molecule has 1 saturated heterocycles. The maximum atomic E-state index is 14.1. The first-order valence-corrected chi connectivity index (χ1v) is 11.6. The molecule has 1 heterocycles. The van der Waals surface area contributed by atoms with Crippen molar-refractivity contribution in [2.45, 2.75) is 43.7 Å². The predicted molar refractivity (Wildman–Crippen MR) is 127 cm³/mol. The smallest absolute Gasteiger partial charge is 0.223 e. The van der Waals surface area contributed by atoms with Gasteiger partial charge < -0.3 is 15.1 Å². The van der Waals surface area contributed by atoms with Gasteiger partial charge in [-0.05, 0) is 60.7 Å². The van der Waals surface area contributed by atoms with Gasteiger partial charge in [-0.2, -0.15) is 0 Å². The van der Waals surface area contributed by atoms with Crippen LogP contribution in [0, 0.1) is 17.5 Å². The van der Waals surface area contributed by atoms with E-state index < -0.39 is 29.8 Å². The molecule has 0 saturated carbocycles. The minimum absolute atomic E-state index is 0.105. The van der Waals surface area contributed by atoms with Crippen molar-refractivity contribution in [3.8, 4) is 11.1 Å². The summed E-state index contributed by atoms with van der Waals surface area (Å²) in [5.74, 6) is -1.76. The summed E-state index contributed by atoms with van der Waals surface area (Å²) in [5.41, 5.74) is 1.84. The number of hydrogen-bond acceptors (Lipinski definition) is 3. The molecule has 4 nitrogen and oxygen atoms in total. The van der Waals surface area contributed by atoms with Crippen molar-refractivity contribution < 1.29 is 28.2 Å². The third kappa shape index (κ3) is 5.26. The number of benzene rings is 3. The number of hydrogen-bond donors (Lipinski definition) is 2. The second-order valence-electron chi connectivity index (χ2n) is 9.26. The second-order valence-corrected chi connectivity index (χ2v) is 9.26. The fourth-order valence-corrected chi connectivity index (χ4v) is 5.05. The molecular weight excluding hydrogens is 455 g/mol. The third-order valence-electron chi connectivity index (χ3n) is 7.04. The first-order valence-electron chi connectivity index (χ1n) is 11.6. The van der Waals surface area contributed by atoms with Gasteiger partial charge in [0.05, 0.1) is 18.8 Å². The molecule has 1 amide bonds. The number of carbonyl (C=O) groups excluding carboxylic acids is 1. The second kappa shape index (κ2) is 10.2. The van der Waals surface area contributed by atoms with Crippen molar-refractivity contribution in [2.24, 2.45) is 0 Å². The molecular formula is C28H28F3NO3. The van der Waals surface area contributed by atoms with Crippen molar-refractivity contribution >= 4 is 5.91 Å². The van der Waals surface area contributed by atoms with Crippen molar-refractivity contribution in [2.75, 3.05) is 13.2 Å². The zero-order valence-electron chi connectivity index (χ0n) is 19.4. The van der Waals surface area contributed by atoms with E-state index in [9.17, 15) is 28.2 Å². The van der Waals surface area contributed by atoms with Crippen LogP contribution in [0.3, 0.4) is 0 Å². The molecule has 0 aliphatic carbocycles. The molecule has 35 heavy (non-hydrogen) atoms. The fraction of sp³-hybridized carbons (Fsp3) is 0.321. The van der Waals surface area contributed by atoms with Crippen LogP contribution in [0.25, 0.3) is 11.1 Å². The lowest BCUT2D eigenvalue weighted by molar-refractivity contribution is -0.139. The Balaban J connectivity index is 1.53. The fourth-order valence-electron chi connectivity index (χ4n) is 5.05. The molecule has 3 aromatic rings. The average Bonchev–Trinajstić information content (AvgIpc) is 2.84. The van der Waals surface area contributed by atoms with Crippen LogP contribution in [0.2, 0.25) is 0 Å². The zero-order chi connectivity index (χ0) is 25.2. The summed E-state index contributed by atoms with van der Waals surface area (Å²) in [5, 5.41) is 19.6. The van der Waals surface area contributed by atoms with E-state index in [1.165, 1.54) is 24.3 Å². The van der Waals surface area contributed by atoms with Gasteiger partial charge in [0.2, 0.25) is 5.91 Å². The standard InChI is InChI=1S/C28H28F3NO3/c1-18(19-2-4-20(5-3-19)25-11-10-23(30)14-26(25)31)32-13-12-28(16-27(32)35,15-24(34)17-33)21-6-8-22(29)9-7-21/h2-11,14,18,24,33-34H,12-13,15-17H2,1H3/t18-,24?,28?/m0/s1. The number of rotatable bonds is 7. The van der Waals surface area contributed by atoms with Crippen LogP contribution in [-0.2, 0) is 10.2 Å². The Kier molecular flexibility index (Phi) is 7.28. The van der Waals surface area contributed by atoms with Crippen LogP contribution in [0.15, 0.2) is 66.7 Å². The molecule has 1 aliphatic heterocycles. The number of amides is 1. The Morgan fingerprint density at radius 2 is 1.63 bits per heavy atom. The molecule has 1 aliphatic rings. The number of nitrogens with zero attached hydrogens (tertiary/aromatic N) is 1. The van der Waals surface area contributed by atoms with Crippen LogP contribution >= 0.6 is 0 Å². The first kappa shape index (κ1) is 24.9. The van der Waals surface area contributed by atoms with Gasteiger partial charge >= 0.3 is 0 Å². The molecule has 1 fully saturated rings. The highest BCUT2D eigenvalue weighted by Gasteiger charge is 2.42. The van der Waals surface area contributed by atoms with Gasteiger partial charge in [0.15, 0.2) is 0 Å². The van der Waals surface area contributed by atoms with E-state index in [-0.39, 0.29) is 30.6 Å². The lowest BCUT2D eigenvalue weighted by Gasteiger charge is -2.44. The van der Waals surface area contributed by atoms with Crippen LogP contribution in [-0.4, -0.2) is 40.3 Å². The lowest BCUT2D eigenvalue weighted by Crippen LogP contribution is -2.48. The van der Waals surface area contributed by atoms with E-state index in [0.29, 0.717) is 24.1 Å². The molecule has 0 bridgehead atoms. The normalized spacial score (nSPS) is 20.1. The molecule has 0 spiro atoms. The Morgan fingerprint density at radius 1 is 0.971 bits per heavy atom. The number of halogens is 3. The molecule has 0 radical (unpaired) electrons. The predicted octanol–water partition coefficient (Wildman–Crippen LogP) is 5.14. The highest BCUT2D eigenvalue weighted by Crippen LogP contribution is 2.42. The van der Waals surface area contributed by atoms with Gasteiger partial charge in [0.25, 0.3) is 0 Å². The highest BCUT2D eigenvalue weighted by molar-refractivity contribution is 5.79. The maximum absolute atomic E-state index is 14.1. The van der Waals surface area contributed by atoms with E-state index >= 15 is 0 Å². The minimum Gasteiger partial charge on any atom is -0.394 e. The topological polar surface area (TPSA) is 60.8 Å². The number of carbonyl (C=O) groups is 1. The molecule has 0 aromatic heterocycles. The highest BCUT2D eigenvalue weighted by atomic mass is 19.1. The SMILES string of the molecule is C[C@@H](c1ccc(-c2ccc(F)cc2F)cc1)N1CCC(CC(O)CO)(c2ccc(F)cc2)CC1=O. The van der Waals surface area contributed by atoms with Gasteiger partial charge in [-0.1, -0.05) is 36.4 Å². The summed E-state index contributed by atoms with van der Waals surface area (Å²) in [4.78, 5) is 15.1. The zero-order valence-corrected chi connectivity index (χ0v) is 19.4. The number of likely N-dealkylation sites (tertiary alicyclic amines) is 1. The van der Waals surface area contributed by atoms with Crippen LogP contribution in [0.1, 0.15) is 43.4 Å². The largest absolute Gasteiger partial charge is 0.394 e. The Bertz CT molecular complexity index is 1180. The van der Waals surface area contributed by atoms with Crippen molar-refractivity contribution in [3.05, 3.63) is 95.3 Å². The summed E-state index contributed by atoms with van der Waals surface area (Å²) in [7, 11) is 0. The van der Waals surface area contributed by atoms with Gasteiger partial charge in [-0.3, -0.25) is 4.79 Å². The van der Waals surface area contributed by atoms with Gasteiger partial charge in [-0.25, -0.2) is 13.2 Å². The summed E-state index contributed by atoms with van der Waals surface area (Å²) in [6.07, 6.45) is -0.124. The van der Waals surface area contributed by atoms with Crippen LogP contribution in [0.4, 0.5) is 13.2 Å². The Labute approximate surface area is 202 Å². The van der Waals surface area contributed by atoms with Gasteiger partial charge in [0, 0.05) is 30.0 Å². The maximum Gasteiger partial charge on any atom is 0.223 e. The Morgan fingerprint density at radius 3 is 2.23 bits per heavy atom. The monoisotopic (exact) mass is 483 g/mol. The average molecular weight is 484 g/mol. The van der Waals surface area contributed by atoms with E-state index in [0.717, 1.165) is 17.2 Å². The molecule has 3 atom stereocenters. The third-order valence-corrected chi connectivity index (χ3v) is 7.04. The van der Waals surface area contributed by atoms with Crippen molar-refractivity contribution in [3.63, 3.8) is 0 Å². The van der Waals surface area contributed by atoms with Crippen molar-refractivity contribution in [1.29, 1.82) is 0 Å². The van der Waals surface area contributed by atoms with Gasteiger partial charge in [-0.15, -0.1) is 0 Å². The number of piperidine rings is 1. The molecule has 3 aromatic carbocycles. The van der Waals surface area contributed by atoms with Crippen LogP contribution < -0.4 is 0 Å². The molecule has 7 heteroatoms. The molecule has 4 rings (SSSR count). The number of aliphatic hydroxyl groups excluding tert-OH is 2. The molecule has 2 N–H and O–H groups in total. The summed E-state index contributed by atoms with van der Waals surface area (Å²) in [6.45, 7) is 1.92. The first-order chi connectivity index (χ1) is 16.7. The summed E-state index contributed by atoms with van der Waals surface area (Å²) >= 11 is 0. The molecule has 2 unspecified atom stereocenters. The van der Waals surface area contributed by atoms with E-state index in [4.69, 9.17) is 0 Å². The number of aliphatic hydroxyl groups is 2.